The molecule has 4 rings (SSSR count). The van der Waals surface area contributed by atoms with Crippen LogP contribution in [0.15, 0.2) is 30.3 Å². The van der Waals surface area contributed by atoms with Crippen LogP contribution in [0.2, 0.25) is 0 Å². The summed E-state index contributed by atoms with van der Waals surface area (Å²) in [7, 11) is 0. The lowest BCUT2D eigenvalue weighted by atomic mass is 10.0. The number of nitrogens with zero attached hydrogens (tertiary/aromatic N) is 2. The van der Waals surface area contributed by atoms with Gasteiger partial charge in [0.05, 0.1) is 12.3 Å². The summed E-state index contributed by atoms with van der Waals surface area (Å²) in [5.41, 5.74) is 1.60. The Morgan fingerprint density at radius 1 is 1.17 bits per heavy atom. The number of carbonyl (C=O) groups excluding carboxylic acids is 3. The number of carbonyl (C=O) groups is 3. The van der Waals surface area contributed by atoms with E-state index in [1.165, 1.54) is 4.90 Å². The third-order valence-electron chi connectivity index (χ3n) is 4.35. The normalized spacial score (nSPS) is 19.9. The predicted octanol–water partition coefficient (Wildman–Crippen LogP) is 2.16. The number of imide groups is 1. The molecule has 2 aromatic rings. The van der Waals surface area contributed by atoms with Crippen molar-refractivity contribution in [2.24, 2.45) is 0 Å². The van der Waals surface area contributed by atoms with Crippen LogP contribution in [0.1, 0.15) is 23.2 Å². The Kier molecular flexibility index (Phi) is 2.72. The van der Waals surface area contributed by atoms with Gasteiger partial charge in [0.1, 0.15) is 6.04 Å². The van der Waals surface area contributed by atoms with Gasteiger partial charge in [-0.1, -0.05) is 18.2 Å². The number of piperidine rings is 1. The fourth-order valence-corrected chi connectivity index (χ4v) is 3.33. The molecular weight excluding hydrogens is 294 g/mol. The van der Waals surface area contributed by atoms with Gasteiger partial charge in [0.2, 0.25) is 11.8 Å². The van der Waals surface area contributed by atoms with E-state index in [2.05, 4.69) is 10.2 Å². The zero-order valence-corrected chi connectivity index (χ0v) is 12.0. The zero-order valence-electron chi connectivity index (χ0n) is 12.0. The molecule has 1 atom stereocenters. The van der Waals surface area contributed by atoms with Crippen LogP contribution >= 0.6 is 0 Å². The number of amides is 3. The van der Waals surface area contributed by atoms with Crippen molar-refractivity contribution in [3.63, 3.8) is 0 Å². The first-order valence-corrected chi connectivity index (χ1v) is 7.22. The predicted molar refractivity (Wildman–Crippen MR) is 83.2 cm³/mol. The van der Waals surface area contributed by atoms with Gasteiger partial charge in [0.25, 0.3) is 5.91 Å². The van der Waals surface area contributed by atoms with Crippen molar-refractivity contribution >= 4 is 39.9 Å². The molecule has 3 amide bonds. The van der Waals surface area contributed by atoms with Crippen LogP contribution < -0.4 is 10.2 Å². The van der Waals surface area contributed by atoms with Gasteiger partial charge in [-0.3, -0.25) is 24.6 Å². The molecule has 0 aromatic heterocycles. The second-order valence-corrected chi connectivity index (χ2v) is 5.59. The summed E-state index contributed by atoms with van der Waals surface area (Å²) in [4.78, 5) is 41.2. The Balaban J connectivity index is 1.90. The molecule has 2 heterocycles. The number of rotatable bonds is 1. The molecule has 1 unspecified atom stereocenters. The Hall–Kier alpha value is -3.20. The number of hydrogen-bond acceptors (Lipinski definition) is 3. The van der Waals surface area contributed by atoms with E-state index in [-0.39, 0.29) is 18.2 Å². The maximum atomic E-state index is 12.8. The van der Waals surface area contributed by atoms with E-state index in [9.17, 15) is 14.4 Å². The summed E-state index contributed by atoms with van der Waals surface area (Å²) in [6.45, 7) is 7.26. The minimum Gasteiger partial charge on any atom is -0.295 e. The van der Waals surface area contributed by atoms with Crippen molar-refractivity contribution in [1.29, 1.82) is 0 Å². The van der Waals surface area contributed by atoms with Crippen LogP contribution in [0.5, 0.6) is 0 Å². The van der Waals surface area contributed by atoms with E-state index in [0.29, 0.717) is 34.1 Å². The first-order chi connectivity index (χ1) is 11.1. The summed E-state index contributed by atoms with van der Waals surface area (Å²) in [5.74, 6) is -1.03. The third-order valence-corrected chi connectivity index (χ3v) is 4.35. The van der Waals surface area contributed by atoms with Crippen LogP contribution in [0.25, 0.3) is 15.6 Å². The first-order valence-electron chi connectivity index (χ1n) is 7.22. The Morgan fingerprint density at radius 2 is 2.00 bits per heavy atom. The molecular formula is C17H11N3O3. The SMILES string of the molecule is [C-]#[N+]c1ccc2c3c(cccc13)C(=O)N2C1CCC(=O)NC1=O. The van der Waals surface area contributed by atoms with Crippen molar-refractivity contribution in [2.75, 3.05) is 4.90 Å². The molecule has 0 radical (unpaired) electrons. The highest BCUT2D eigenvalue weighted by Crippen LogP contribution is 2.43. The highest BCUT2D eigenvalue weighted by Gasteiger charge is 2.40. The van der Waals surface area contributed by atoms with E-state index in [4.69, 9.17) is 6.57 Å². The topological polar surface area (TPSA) is 70.8 Å². The van der Waals surface area contributed by atoms with E-state index < -0.39 is 11.9 Å². The van der Waals surface area contributed by atoms with Crippen molar-refractivity contribution in [3.8, 4) is 0 Å². The van der Waals surface area contributed by atoms with Gasteiger partial charge in [0.15, 0.2) is 5.69 Å². The van der Waals surface area contributed by atoms with Crippen molar-refractivity contribution in [3.05, 3.63) is 47.3 Å². The molecule has 1 fully saturated rings. The lowest BCUT2D eigenvalue weighted by Crippen LogP contribution is -2.53. The fourth-order valence-electron chi connectivity index (χ4n) is 3.33. The number of benzene rings is 2. The van der Waals surface area contributed by atoms with Gasteiger partial charge in [-0.25, -0.2) is 4.85 Å². The van der Waals surface area contributed by atoms with Crippen molar-refractivity contribution < 1.29 is 14.4 Å². The largest absolute Gasteiger partial charge is 0.295 e. The first kappa shape index (κ1) is 13.5. The van der Waals surface area contributed by atoms with E-state index in [1.807, 2.05) is 0 Å². The highest BCUT2D eigenvalue weighted by molar-refractivity contribution is 6.28. The molecule has 6 heteroatoms. The fraction of sp³-hybridized carbons (Fsp3) is 0.176. The van der Waals surface area contributed by atoms with Gasteiger partial charge in [-0.05, 0) is 23.9 Å². The van der Waals surface area contributed by atoms with Gasteiger partial charge in [-0.2, -0.15) is 0 Å². The Bertz CT molecular complexity index is 942. The monoisotopic (exact) mass is 305 g/mol. The summed E-state index contributed by atoms with van der Waals surface area (Å²) >= 11 is 0. The van der Waals surface area contributed by atoms with Crippen LogP contribution in [-0.4, -0.2) is 23.8 Å². The average Bonchev–Trinajstić information content (AvgIpc) is 2.83. The summed E-state index contributed by atoms with van der Waals surface area (Å²) in [5, 5.41) is 3.70. The molecule has 112 valence electrons. The molecule has 0 spiro atoms. The highest BCUT2D eigenvalue weighted by atomic mass is 16.2. The van der Waals surface area contributed by atoms with Gasteiger partial charge in [0, 0.05) is 17.4 Å². The third kappa shape index (κ3) is 1.77. The van der Waals surface area contributed by atoms with Crippen LogP contribution in [0.4, 0.5) is 11.4 Å². The Labute approximate surface area is 131 Å². The second-order valence-electron chi connectivity index (χ2n) is 5.59. The van der Waals surface area contributed by atoms with E-state index in [0.717, 1.165) is 0 Å². The number of anilines is 1. The van der Waals surface area contributed by atoms with E-state index in [1.54, 1.807) is 30.3 Å². The van der Waals surface area contributed by atoms with Gasteiger partial charge >= 0.3 is 0 Å². The minimum atomic E-state index is -0.699. The molecule has 1 N–H and O–H groups in total. The minimum absolute atomic E-state index is 0.208. The van der Waals surface area contributed by atoms with E-state index >= 15 is 0 Å². The van der Waals surface area contributed by atoms with Crippen LogP contribution in [-0.2, 0) is 9.59 Å². The maximum absolute atomic E-state index is 12.8. The summed E-state index contributed by atoms with van der Waals surface area (Å²) in [6, 6.07) is 7.90. The average molecular weight is 305 g/mol. The zero-order chi connectivity index (χ0) is 16.1. The number of nitrogens with one attached hydrogen (secondary N) is 1. The van der Waals surface area contributed by atoms with Crippen molar-refractivity contribution in [2.45, 2.75) is 18.9 Å². The molecule has 0 aliphatic carbocycles. The molecule has 0 saturated carbocycles. The molecule has 0 bridgehead atoms. The van der Waals surface area contributed by atoms with Gasteiger partial charge in [-0.15, -0.1) is 0 Å². The van der Waals surface area contributed by atoms with Gasteiger partial charge < -0.3 is 0 Å². The summed E-state index contributed by atoms with van der Waals surface area (Å²) < 4.78 is 0. The quantitative estimate of drug-likeness (QED) is 0.648. The molecule has 2 aliphatic rings. The molecule has 23 heavy (non-hydrogen) atoms. The van der Waals surface area contributed by atoms with Crippen molar-refractivity contribution in [1.82, 2.24) is 5.32 Å². The molecule has 6 nitrogen and oxygen atoms in total. The summed E-state index contributed by atoms with van der Waals surface area (Å²) in [6.07, 6.45) is 0.510. The van der Waals surface area contributed by atoms with Crippen LogP contribution in [0, 0.1) is 6.57 Å². The number of hydrogen-bond donors (Lipinski definition) is 1. The second kappa shape index (κ2) is 4.65. The maximum Gasteiger partial charge on any atom is 0.259 e. The lowest BCUT2D eigenvalue weighted by molar-refractivity contribution is -0.134. The van der Waals surface area contributed by atoms with Crippen LogP contribution in [0.3, 0.4) is 0 Å². The molecule has 2 aliphatic heterocycles. The Morgan fingerprint density at radius 3 is 2.74 bits per heavy atom. The lowest BCUT2D eigenvalue weighted by Gasteiger charge is -2.30. The molecule has 2 aromatic carbocycles. The standard InChI is InChI=1S/C17H11N3O3/c1-18-11-5-6-12-15-9(11)3-2-4-10(15)17(23)20(12)13-7-8-14(21)19-16(13)22/h2-6,13H,7-8H2,(H,19,21,22). The molecule has 1 saturated heterocycles. The smallest absolute Gasteiger partial charge is 0.259 e.